The summed E-state index contributed by atoms with van der Waals surface area (Å²) in [5, 5.41) is 0. The normalized spacial score (nSPS) is 10.6. The summed E-state index contributed by atoms with van der Waals surface area (Å²) >= 11 is 3.56. The van der Waals surface area contributed by atoms with Gasteiger partial charge in [-0.05, 0) is 55.3 Å². The highest BCUT2D eigenvalue weighted by molar-refractivity contribution is 9.10. The molecule has 106 valence electrons. The fraction of sp³-hybridized carbons (Fsp3) is 0.312. The largest absolute Gasteiger partial charge is 0.367 e. The summed E-state index contributed by atoms with van der Waals surface area (Å²) in [5.41, 5.74) is 9.54. The summed E-state index contributed by atoms with van der Waals surface area (Å²) in [6, 6.07) is 10.5. The van der Waals surface area contributed by atoms with Crippen molar-refractivity contribution in [3.05, 3.63) is 58.3 Å². The topological polar surface area (TPSA) is 42.2 Å². The van der Waals surface area contributed by atoms with Gasteiger partial charge in [0.15, 0.2) is 0 Å². The van der Waals surface area contributed by atoms with Crippen molar-refractivity contribution in [2.75, 3.05) is 18.0 Å². The first-order chi connectivity index (χ1) is 9.74. The Labute approximate surface area is 129 Å². The lowest BCUT2D eigenvalue weighted by Crippen LogP contribution is -2.23. The number of benzene rings is 1. The Morgan fingerprint density at radius 3 is 2.60 bits per heavy atom. The van der Waals surface area contributed by atoms with Crippen molar-refractivity contribution in [3.63, 3.8) is 0 Å². The number of nitrogens with two attached hydrogens (primary N) is 1. The first-order valence-corrected chi connectivity index (χ1v) is 7.66. The van der Waals surface area contributed by atoms with E-state index in [1.54, 1.807) is 0 Å². The molecule has 0 saturated carbocycles. The summed E-state index contributed by atoms with van der Waals surface area (Å²) in [6.07, 6.45) is 4.57. The number of pyridine rings is 1. The van der Waals surface area contributed by atoms with Gasteiger partial charge in [0.25, 0.3) is 0 Å². The first kappa shape index (κ1) is 15.0. The maximum atomic E-state index is 5.72. The van der Waals surface area contributed by atoms with Crippen molar-refractivity contribution < 1.29 is 0 Å². The van der Waals surface area contributed by atoms with Crippen LogP contribution in [0.4, 0.5) is 5.69 Å². The monoisotopic (exact) mass is 333 g/mol. The zero-order valence-corrected chi connectivity index (χ0v) is 13.3. The molecule has 0 atom stereocenters. The molecular formula is C16H20BrN3. The van der Waals surface area contributed by atoms with Crippen molar-refractivity contribution in [2.24, 2.45) is 5.73 Å². The van der Waals surface area contributed by atoms with Crippen LogP contribution >= 0.6 is 15.9 Å². The van der Waals surface area contributed by atoms with E-state index >= 15 is 0 Å². The van der Waals surface area contributed by atoms with Gasteiger partial charge in [0.05, 0.1) is 0 Å². The Morgan fingerprint density at radius 2 is 1.95 bits per heavy atom. The van der Waals surface area contributed by atoms with E-state index in [0.717, 1.165) is 24.0 Å². The third-order valence-electron chi connectivity index (χ3n) is 3.31. The average molecular weight is 334 g/mol. The van der Waals surface area contributed by atoms with Crippen molar-refractivity contribution in [1.82, 2.24) is 4.98 Å². The minimum absolute atomic E-state index is 0.668. The van der Waals surface area contributed by atoms with Crippen molar-refractivity contribution in [1.29, 1.82) is 0 Å². The third kappa shape index (κ3) is 3.81. The molecule has 0 aliphatic carbocycles. The lowest BCUT2D eigenvalue weighted by Gasteiger charge is -2.26. The average Bonchev–Trinajstić information content (AvgIpc) is 2.48. The smallest absolute Gasteiger partial charge is 0.0430 e. The van der Waals surface area contributed by atoms with E-state index in [0.29, 0.717) is 6.54 Å². The highest BCUT2D eigenvalue weighted by Crippen LogP contribution is 2.26. The second-order valence-electron chi connectivity index (χ2n) is 4.68. The van der Waals surface area contributed by atoms with E-state index in [9.17, 15) is 0 Å². The van der Waals surface area contributed by atoms with Gasteiger partial charge >= 0.3 is 0 Å². The Hall–Kier alpha value is -1.39. The predicted molar refractivity (Wildman–Crippen MR) is 87.9 cm³/mol. The minimum atomic E-state index is 0.668. The standard InChI is InChI=1S/C16H20BrN3/c1-2-20(12-13-6-9-19-10-7-13)16-11-15(17)4-3-14(16)5-8-18/h3-4,6-7,9-11H,2,5,8,12,18H2,1H3. The van der Waals surface area contributed by atoms with Crippen LogP contribution in [0.2, 0.25) is 0 Å². The molecule has 1 heterocycles. The summed E-state index contributed by atoms with van der Waals surface area (Å²) < 4.78 is 1.10. The van der Waals surface area contributed by atoms with Crippen LogP contribution in [0.15, 0.2) is 47.2 Å². The summed E-state index contributed by atoms with van der Waals surface area (Å²) in [5.74, 6) is 0. The van der Waals surface area contributed by atoms with Crippen molar-refractivity contribution >= 4 is 21.6 Å². The number of hydrogen-bond acceptors (Lipinski definition) is 3. The van der Waals surface area contributed by atoms with E-state index in [2.05, 4.69) is 63.1 Å². The molecule has 0 amide bonds. The van der Waals surface area contributed by atoms with Crippen LogP contribution in [0.5, 0.6) is 0 Å². The fourth-order valence-corrected chi connectivity index (χ4v) is 2.62. The second kappa shape index (κ2) is 7.41. The quantitative estimate of drug-likeness (QED) is 0.881. The molecule has 20 heavy (non-hydrogen) atoms. The molecule has 0 radical (unpaired) electrons. The maximum absolute atomic E-state index is 5.72. The number of halogens is 1. The molecule has 3 nitrogen and oxygen atoms in total. The van der Waals surface area contributed by atoms with E-state index in [1.807, 2.05) is 12.4 Å². The Morgan fingerprint density at radius 1 is 1.20 bits per heavy atom. The number of rotatable bonds is 6. The van der Waals surface area contributed by atoms with Gasteiger partial charge in [-0.2, -0.15) is 0 Å². The zero-order valence-electron chi connectivity index (χ0n) is 11.7. The molecular weight excluding hydrogens is 314 g/mol. The fourth-order valence-electron chi connectivity index (χ4n) is 2.27. The zero-order chi connectivity index (χ0) is 14.4. The van der Waals surface area contributed by atoms with E-state index in [4.69, 9.17) is 5.73 Å². The van der Waals surface area contributed by atoms with Crippen LogP contribution in [0.1, 0.15) is 18.1 Å². The number of anilines is 1. The molecule has 0 unspecified atom stereocenters. The Bertz CT molecular complexity index is 543. The maximum Gasteiger partial charge on any atom is 0.0430 e. The van der Waals surface area contributed by atoms with Gasteiger partial charge < -0.3 is 10.6 Å². The molecule has 4 heteroatoms. The lowest BCUT2D eigenvalue weighted by atomic mass is 10.1. The number of nitrogens with zero attached hydrogens (tertiary/aromatic N) is 2. The van der Waals surface area contributed by atoms with Gasteiger partial charge in [-0.1, -0.05) is 22.0 Å². The van der Waals surface area contributed by atoms with Crippen LogP contribution in [0, 0.1) is 0 Å². The van der Waals surface area contributed by atoms with Crippen LogP contribution < -0.4 is 10.6 Å². The van der Waals surface area contributed by atoms with E-state index in [1.165, 1.54) is 16.8 Å². The van der Waals surface area contributed by atoms with Crippen LogP contribution in [-0.4, -0.2) is 18.1 Å². The van der Waals surface area contributed by atoms with Crippen molar-refractivity contribution in [3.8, 4) is 0 Å². The summed E-state index contributed by atoms with van der Waals surface area (Å²) in [7, 11) is 0. The Kier molecular flexibility index (Phi) is 5.56. The van der Waals surface area contributed by atoms with Gasteiger partial charge in [0, 0.05) is 35.6 Å². The summed E-state index contributed by atoms with van der Waals surface area (Å²) in [4.78, 5) is 6.44. The van der Waals surface area contributed by atoms with E-state index < -0.39 is 0 Å². The van der Waals surface area contributed by atoms with E-state index in [-0.39, 0.29) is 0 Å². The van der Waals surface area contributed by atoms with Gasteiger partial charge in [-0.25, -0.2) is 0 Å². The molecule has 1 aromatic carbocycles. The van der Waals surface area contributed by atoms with Gasteiger partial charge in [0.2, 0.25) is 0 Å². The predicted octanol–water partition coefficient (Wildman–Crippen LogP) is 3.37. The highest BCUT2D eigenvalue weighted by Gasteiger charge is 2.10. The molecule has 2 N–H and O–H groups in total. The van der Waals surface area contributed by atoms with Crippen LogP contribution in [-0.2, 0) is 13.0 Å². The summed E-state index contributed by atoms with van der Waals surface area (Å²) in [6.45, 7) is 4.68. The van der Waals surface area contributed by atoms with Crippen LogP contribution in [0.3, 0.4) is 0 Å². The molecule has 0 fully saturated rings. The second-order valence-corrected chi connectivity index (χ2v) is 5.60. The number of hydrogen-bond donors (Lipinski definition) is 1. The lowest BCUT2D eigenvalue weighted by molar-refractivity contribution is 0.817. The van der Waals surface area contributed by atoms with Crippen molar-refractivity contribution in [2.45, 2.75) is 19.9 Å². The minimum Gasteiger partial charge on any atom is -0.367 e. The molecule has 0 saturated heterocycles. The van der Waals surface area contributed by atoms with Gasteiger partial charge in [0.1, 0.15) is 0 Å². The third-order valence-corrected chi connectivity index (χ3v) is 3.80. The SMILES string of the molecule is CCN(Cc1ccncc1)c1cc(Br)ccc1CCN. The molecule has 0 bridgehead atoms. The number of aromatic nitrogens is 1. The Balaban J connectivity index is 2.28. The van der Waals surface area contributed by atoms with Gasteiger partial charge in [-0.15, -0.1) is 0 Å². The molecule has 0 spiro atoms. The molecule has 0 aliphatic heterocycles. The molecule has 1 aromatic heterocycles. The molecule has 2 rings (SSSR count). The molecule has 2 aromatic rings. The molecule has 0 aliphatic rings. The highest BCUT2D eigenvalue weighted by atomic mass is 79.9. The first-order valence-electron chi connectivity index (χ1n) is 6.87. The van der Waals surface area contributed by atoms with Crippen LogP contribution in [0.25, 0.3) is 0 Å². The van der Waals surface area contributed by atoms with Gasteiger partial charge in [-0.3, -0.25) is 4.98 Å².